The molecule has 5 heteroatoms. The third kappa shape index (κ3) is 2.55. The molecule has 1 aromatic carbocycles. The topological polar surface area (TPSA) is 77.8 Å². The molecule has 1 aliphatic rings. The molecule has 0 amide bonds. The molecule has 3 N–H and O–H groups in total. The molecule has 0 spiro atoms. The summed E-state index contributed by atoms with van der Waals surface area (Å²) in [5.74, 6) is 4.50. The Bertz CT molecular complexity index is 611. The second kappa shape index (κ2) is 5.16. The van der Waals surface area contributed by atoms with Crippen molar-refractivity contribution in [2.45, 2.75) is 11.7 Å². The van der Waals surface area contributed by atoms with Crippen molar-refractivity contribution < 1.29 is 20.1 Å². The Labute approximate surface area is 115 Å². The van der Waals surface area contributed by atoms with Crippen molar-refractivity contribution in [2.75, 3.05) is 6.61 Å². The lowest BCUT2D eigenvalue weighted by molar-refractivity contribution is -0.144. The van der Waals surface area contributed by atoms with Crippen LogP contribution in [0.3, 0.4) is 0 Å². The first-order valence-corrected chi connectivity index (χ1v) is 5.90. The first kappa shape index (κ1) is 13.8. The first-order chi connectivity index (χ1) is 8.97. The Morgan fingerprint density at radius 2 is 2.11 bits per heavy atom. The monoisotopic (exact) mass is 278 g/mol. The van der Waals surface area contributed by atoms with Gasteiger partial charge in [-0.1, -0.05) is 29.5 Å². The molecule has 0 unspecified atom stereocenters. The third-order valence-corrected chi connectivity index (χ3v) is 3.09. The van der Waals surface area contributed by atoms with Crippen molar-refractivity contribution in [1.82, 2.24) is 0 Å². The highest BCUT2D eigenvalue weighted by Gasteiger charge is 2.48. The zero-order chi connectivity index (χ0) is 14.0. The fourth-order valence-corrected chi connectivity index (χ4v) is 1.90. The Morgan fingerprint density at radius 3 is 2.68 bits per heavy atom. The van der Waals surface area contributed by atoms with Gasteiger partial charge in [-0.05, 0) is 24.3 Å². The normalized spacial score (nSPS) is 25.8. The van der Waals surface area contributed by atoms with Crippen LogP contribution >= 0.6 is 11.6 Å². The molecule has 1 aromatic rings. The smallest absolute Gasteiger partial charge is 0.207 e. The molecule has 0 saturated carbocycles. The van der Waals surface area contributed by atoms with Gasteiger partial charge in [0.25, 0.3) is 0 Å². The maximum atomic E-state index is 11.8. The van der Waals surface area contributed by atoms with E-state index in [-0.39, 0.29) is 5.57 Å². The zero-order valence-electron chi connectivity index (χ0n) is 9.80. The van der Waals surface area contributed by atoms with Crippen LogP contribution in [0.15, 0.2) is 35.9 Å². The summed E-state index contributed by atoms with van der Waals surface area (Å²) < 4.78 is 0. The van der Waals surface area contributed by atoms with Crippen LogP contribution in [0, 0.1) is 11.8 Å². The van der Waals surface area contributed by atoms with E-state index in [2.05, 4.69) is 11.8 Å². The molecular formula is C14H11ClO4. The van der Waals surface area contributed by atoms with Gasteiger partial charge >= 0.3 is 0 Å². The quantitative estimate of drug-likeness (QED) is 0.645. The lowest BCUT2D eigenvalue weighted by atomic mass is 9.97. The van der Waals surface area contributed by atoms with Crippen LogP contribution in [-0.4, -0.2) is 39.4 Å². The van der Waals surface area contributed by atoms with Crippen molar-refractivity contribution in [2.24, 2.45) is 0 Å². The number of carbonyl (C=O) groups excluding carboxylic acids is 1. The van der Waals surface area contributed by atoms with Crippen molar-refractivity contribution in [3.8, 4) is 11.8 Å². The van der Waals surface area contributed by atoms with Crippen molar-refractivity contribution in [3.63, 3.8) is 0 Å². The highest BCUT2D eigenvalue weighted by Crippen LogP contribution is 2.25. The second-order valence-corrected chi connectivity index (χ2v) is 4.63. The number of hydrogen-bond donors (Lipinski definition) is 3. The van der Waals surface area contributed by atoms with Crippen LogP contribution in [0.5, 0.6) is 0 Å². The number of halogens is 1. The highest BCUT2D eigenvalue weighted by atomic mass is 35.5. The summed E-state index contributed by atoms with van der Waals surface area (Å²) in [5.41, 5.74) is -1.60. The molecule has 2 atom stereocenters. The Kier molecular flexibility index (Phi) is 3.74. The summed E-state index contributed by atoms with van der Waals surface area (Å²) in [4.78, 5) is 11.8. The van der Waals surface area contributed by atoms with Crippen LogP contribution in [-0.2, 0) is 4.79 Å². The summed E-state index contributed by atoms with van der Waals surface area (Å²) in [5, 5.41) is 28.8. The van der Waals surface area contributed by atoms with Crippen LogP contribution in [0.1, 0.15) is 5.56 Å². The minimum Gasteiger partial charge on any atom is -0.393 e. The van der Waals surface area contributed by atoms with Gasteiger partial charge in [-0.2, -0.15) is 0 Å². The number of aliphatic hydroxyl groups excluding tert-OH is 2. The highest BCUT2D eigenvalue weighted by molar-refractivity contribution is 6.30. The van der Waals surface area contributed by atoms with Crippen LogP contribution in [0.4, 0.5) is 0 Å². The lowest BCUT2D eigenvalue weighted by Crippen LogP contribution is -2.48. The number of Topliss-reactive ketones (excluding diaryl/α,β-unsaturated/α-hetero) is 1. The van der Waals surface area contributed by atoms with E-state index in [0.29, 0.717) is 10.6 Å². The molecule has 0 aromatic heterocycles. The Morgan fingerprint density at radius 1 is 1.37 bits per heavy atom. The van der Waals surface area contributed by atoms with Gasteiger partial charge in [0.1, 0.15) is 6.10 Å². The van der Waals surface area contributed by atoms with E-state index in [0.717, 1.165) is 6.08 Å². The number of aliphatic hydroxyl groups is 3. The van der Waals surface area contributed by atoms with Crippen LogP contribution in [0.25, 0.3) is 0 Å². The van der Waals surface area contributed by atoms with E-state index in [4.69, 9.17) is 16.7 Å². The average Bonchev–Trinajstić information content (AvgIpc) is 2.61. The van der Waals surface area contributed by atoms with E-state index >= 15 is 0 Å². The molecule has 98 valence electrons. The van der Waals surface area contributed by atoms with Gasteiger partial charge in [0.05, 0.1) is 12.2 Å². The average molecular weight is 279 g/mol. The third-order valence-electron chi connectivity index (χ3n) is 2.86. The summed E-state index contributed by atoms with van der Waals surface area (Å²) in [6.45, 7) is -0.855. The van der Waals surface area contributed by atoms with Crippen molar-refractivity contribution >= 4 is 17.4 Å². The molecule has 4 nitrogen and oxygen atoms in total. The SMILES string of the molecule is O=C1C(C#Cc2cccc(Cl)c2)=C[C@H](O)[C@@]1(O)CO. The predicted molar refractivity (Wildman–Crippen MR) is 69.5 cm³/mol. The molecule has 0 heterocycles. The van der Waals surface area contributed by atoms with E-state index in [1.165, 1.54) is 0 Å². The molecule has 0 saturated heterocycles. The van der Waals surface area contributed by atoms with Crippen LogP contribution < -0.4 is 0 Å². The molecule has 19 heavy (non-hydrogen) atoms. The standard InChI is InChI=1S/C14H11ClO4/c15-11-3-1-2-9(6-11)4-5-10-7-12(17)14(19,8-16)13(10)18/h1-3,6-7,12,16-17,19H,8H2/t12-,14-/m0/s1. The number of rotatable bonds is 1. The van der Waals surface area contributed by atoms with E-state index in [1.807, 2.05) is 0 Å². The zero-order valence-corrected chi connectivity index (χ0v) is 10.6. The van der Waals surface area contributed by atoms with Gasteiger partial charge in [0, 0.05) is 10.6 Å². The molecule has 0 fully saturated rings. The van der Waals surface area contributed by atoms with Gasteiger partial charge in [-0.25, -0.2) is 0 Å². The summed E-state index contributed by atoms with van der Waals surface area (Å²) >= 11 is 5.80. The maximum Gasteiger partial charge on any atom is 0.207 e. The fourth-order valence-electron chi connectivity index (χ4n) is 1.71. The summed E-state index contributed by atoms with van der Waals surface area (Å²) in [6, 6.07) is 6.76. The number of carbonyl (C=O) groups is 1. The fraction of sp³-hybridized carbons (Fsp3) is 0.214. The molecule has 2 rings (SSSR count). The molecule has 0 radical (unpaired) electrons. The predicted octanol–water partition coefficient (Wildman–Crippen LogP) is 0.285. The Hall–Kier alpha value is -1.64. The summed E-state index contributed by atoms with van der Waals surface area (Å²) in [7, 11) is 0. The molecule has 1 aliphatic carbocycles. The Balaban J connectivity index is 2.27. The number of ketones is 1. The van der Waals surface area contributed by atoms with Crippen molar-refractivity contribution in [3.05, 3.63) is 46.5 Å². The molecule has 0 aliphatic heterocycles. The van der Waals surface area contributed by atoms with E-state index in [9.17, 15) is 15.0 Å². The molecular weight excluding hydrogens is 268 g/mol. The van der Waals surface area contributed by atoms with E-state index < -0.39 is 24.1 Å². The molecule has 0 bridgehead atoms. The van der Waals surface area contributed by atoms with Gasteiger partial charge in [-0.3, -0.25) is 4.79 Å². The van der Waals surface area contributed by atoms with Gasteiger partial charge in [0.15, 0.2) is 5.60 Å². The number of benzene rings is 1. The lowest BCUT2D eigenvalue weighted by Gasteiger charge is -2.21. The summed E-state index contributed by atoms with van der Waals surface area (Å²) in [6.07, 6.45) is -0.315. The first-order valence-electron chi connectivity index (χ1n) is 5.53. The van der Waals surface area contributed by atoms with Gasteiger partial charge in [0.2, 0.25) is 5.78 Å². The van der Waals surface area contributed by atoms with Crippen LogP contribution in [0.2, 0.25) is 5.02 Å². The number of hydrogen-bond acceptors (Lipinski definition) is 4. The minimum absolute atomic E-state index is 0.0241. The van der Waals surface area contributed by atoms with Gasteiger partial charge < -0.3 is 15.3 Å². The second-order valence-electron chi connectivity index (χ2n) is 4.20. The maximum absolute atomic E-state index is 11.8. The minimum atomic E-state index is -2.18. The largest absolute Gasteiger partial charge is 0.393 e. The van der Waals surface area contributed by atoms with Gasteiger partial charge in [-0.15, -0.1) is 0 Å². The van der Waals surface area contributed by atoms with E-state index in [1.54, 1.807) is 24.3 Å². The van der Waals surface area contributed by atoms with Crippen molar-refractivity contribution in [1.29, 1.82) is 0 Å².